The molecule has 1 unspecified atom stereocenters. The molecule has 0 saturated carbocycles. The van der Waals surface area contributed by atoms with Crippen molar-refractivity contribution in [1.29, 1.82) is 0 Å². The highest BCUT2D eigenvalue weighted by Crippen LogP contribution is 2.16. The molecule has 1 aliphatic heterocycles. The molecule has 1 radical (unpaired) electrons. The van der Waals surface area contributed by atoms with Gasteiger partial charge in [-0.05, 0) is 32.9 Å². The Morgan fingerprint density at radius 1 is 1.73 bits per heavy atom. The van der Waals surface area contributed by atoms with Gasteiger partial charge in [0.15, 0.2) is 0 Å². The third-order valence-corrected chi connectivity index (χ3v) is 2.35. The summed E-state index contributed by atoms with van der Waals surface area (Å²) >= 11 is 0. The van der Waals surface area contributed by atoms with Crippen molar-refractivity contribution in [2.75, 3.05) is 20.1 Å². The number of carbonyl (C=O) groups excluding carboxylic acids is 1. The van der Waals surface area contributed by atoms with E-state index in [9.17, 15) is 4.79 Å². The lowest BCUT2D eigenvalue weighted by atomic mass is 10.1. The van der Waals surface area contributed by atoms with Crippen molar-refractivity contribution in [1.82, 2.24) is 10.2 Å². The second kappa shape index (κ2) is 4.34. The summed E-state index contributed by atoms with van der Waals surface area (Å²) in [5.41, 5.74) is 0. The Morgan fingerprint density at radius 2 is 2.55 bits per heavy atom. The number of hydrogen-bond acceptors (Lipinski definition) is 2. The van der Waals surface area contributed by atoms with Gasteiger partial charge >= 0.3 is 6.41 Å². The van der Waals surface area contributed by atoms with Gasteiger partial charge in [-0.2, -0.15) is 0 Å². The molecule has 3 nitrogen and oxygen atoms in total. The van der Waals surface area contributed by atoms with E-state index in [2.05, 4.69) is 17.3 Å². The highest BCUT2D eigenvalue weighted by Gasteiger charge is 2.19. The first-order valence-electron chi connectivity index (χ1n) is 4.15. The van der Waals surface area contributed by atoms with Crippen LogP contribution in [0.2, 0.25) is 0 Å². The highest BCUT2D eigenvalue weighted by atomic mass is 16.1. The zero-order valence-corrected chi connectivity index (χ0v) is 6.97. The Morgan fingerprint density at radius 3 is 3.09 bits per heavy atom. The van der Waals surface area contributed by atoms with Crippen molar-refractivity contribution < 1.29 is 4.79 Å². The molecular formula is C8H15N2O. The minimum Gasteiger partial charge on any atom is -0.348 e. The fraction of sp³-hybridized carbons (Fsp3) is 0.875. The Balaban J connectivity index is 2.10. The van der Waals surface area contributed by atoms with Crippen LogP contribution in [0.5, 0.6) is 0 Å². The molecule has 1 fully saturated rings. The maximum absolute atomic E-state index is 9.81. The van der Waals surface area contributed by atoms with E-state index in [-0.39, 0.29) is 0 Å². The molecule has 1 aliphatic rings. The fourth-order valence-electron chi connectivity index (χ4n) is 1.63. The number of likely N-dealkylation sites (tertiary alicyclic amines) is 1. The number of rotatable bonds is 4. The first kappa shape index (κ1) is 8.53. The second-order valence-electron chi connectivity index (χ2n) is 3.09. The lowest BCUT2D eigenvalue weighted by Crippen LogP contribution is -2.28. The molecule has 1 atom stereocenters. The largest absolute Gasteiger partial charge is 0.348 e. The number of amides is 1. The van der Waals surface area contributed by atoms with Gasteiger partial charge in [0, 0.05) is 12.6 Å². The van der Waals surface area contributed by atoms with E-state index in [1.807, 2.05) is 0 Å². The Hall–Kier alpha value is -0.570. The van der Waals surface area contributed by atoms with E-state index >= 15 is 0 Å². The maximum atomic E-state index is 9.81. The predicted molar refractivity (Wildman–Crippen MR) is 44.0 cm³/mol. The van der Waals surface area contributed by atoms with Gasteiger partial charge in [0.05, 0.1) is 0 Å². The lowest BCUT2D eigenvalue weighted by Gasteiger charge is -2.18. The molecule has 0 aromatic heterocycles. The Bertz CT molecular complexity index is 127. The monoisotopic (exact) mass is 155 g/mol. The summed E-state index contributed by atoms with van der Waals surface area (Å²) < 4.78 is 0. The van der Waals surface area contributed by atoms with Crippen LogP contribution in [0.1, 0.15) is 19.3 Å². The minimum absolute atomic E-state index is 0.677. The van der Waals surface area contributed by atoms with E-state index in [1.165, 1.54) is 19.4 Å². The van der Waals surface area contributed by atoms with Gasteiger partial charge in [-0.15, -0.1) is 0 Å². The van der Waals surface area contributed by atoms with Gasteiger partial charge in [0.1, 0.15) is 0 Å². The molecule has 0 aromatic rings. The molecule has 11 heavy (non-hydrogen) atoms. The first-order chi connectivity index (χ1) is 5.34. The van der Waals surface area contributed by atoms with E-state index in [0.29, 0.717) is 6.04 Å². The van der Waals surface area contributed by atoms with Crippen molar-refractivity contribution in [3.05, 3.63) is 0 Å². The zero-order chi connectivity index (χ0) is 8.10. The van der Waals surface area contributed by atoms with Crippen molar-refractivity contribution >= 4 is 6.41 Å². The van der Waals surface area contributed by atoms with Gasteiger partial charge in [0.2, 0.25) is 0 Å². The molecule has 0 bridgehead atoms. The quantitative estimate of drug-likeness (QED) is 0.462. The molecule has 1 N–H and O–H groups in total. The van der Waals surface area contributed by atoms with Crippen molar-refractivity contribution in [2.24, 2.45) is 0 Å². The Labute approximate surface area is 67.8 Å². The van der Waals surface area contributed by atoms with Crippen LogP contribution in [-0.2, 0) is 4.79 Å². The van der Waals surface area contributed by atoms with Crippen LogP contribution >= 0.6 is 0 Å². The van der Waals surface area contributed by atoms with E-state index < -0.39 is 0 Å². The number of nitrogens with zero attached hydrogens (tertiary/aromatic N) is 1. The number of nitrogens with one attached hydrogen (secondary N) is 1. The maximum Gasteiger partial charge on any atom is 0.309 e. The summed E-state index contributed by atoms with van der Waals surface area (Å²) in [6.45, 7) is 1.97. The van der Waals surface area contributed by atoms with Crippen molar-refractivity contribution in [2.45, 2.75) is 25.3 Å². The van der Waals surface area contributed by atoms with Gasteiger partial charge in [-0.3, -0.25) is 4.79 Å². The van der Waals surface area contributed by atoms with Crippen LogP contribution in [0.3, 0.4) is 0 Å². The summed E-state index contributed by atoms with van der Waals surface area (Å²) in [5.74, 6) is 0. The third kappa shape index (κ3) is 2.50. The average molecular weight is 155 g/mol. The van der Waals surface area contributed by atoms with Crippen LogP contribution in [-0.4, -0.2) is 37.5 Å². The van der Waals surface area contributed by atoms with Crippen molar-refractivity contribution in [3.8, 4) is 0 Å². The van der Waals surface area contributed by atoms with Crippen molar-refractivity contribution in [3.63, 3.8) is 0 Å². The normalized spacial score (nSPS) is 25.4. The summed E-state index contributed by atoms with van der Waals surface area (Å²) in [4.78, 5) is 12.2. The molecule has 0 aliphatic carbocycles. The molecule has 1 saturated heterocycles. The van der Waals surface area contributed by atoms with Crippen LogP contribution in [0.4, 0.5) is 0 Å². The smallest absolute Gasteiger partial charge is 0.309 e. The SMILES string of the molecule is CN1CCCC1CCN[C]=O. The molecular weight excluding hydrogens is 140 g/mol. The van der Waals surface area contributed by atoms with Crippen LogP contribution in [0.15, 0.2) is 0 Å². The van der Waals surface area contributed by atoms with E-state index in [1.54, 1.807) is 6.41 Å². The number of hydrogen-bond donors (Lipinski definition) is 1. The van der Waals surface area contributed by atoms with Crippen LogP contribution in [0, 0.1) is 0 Å². The van der Waals surface area contributed by atoms with Gasteiger partial charge in [-0.1, -0.05) is 0 Å². The Kier molecular flexibility index (Phi) is 3.36. The predicted octanol–water partition coefficient (Wildman–Crippen LogP) is 0.128. The zero-order valence-electron chi connectivity index (χ0n) is 6.97. The topological polar surface area (TPSA) is 32.3 Å². The highest BCUT2D eigenvalue weighted by molar-refractivity contribution is 5.46. The molecule has 1 rings (SSSR count). The first-order valence-corrected chi connectivity index (χ1v) is 4.15. The molecule has 1 heterocycles. The molecule has 3 heteroatoms. The molecule has 0 spiro atoms. The second-order valence-corrected chi connectivity index (χ2v) is 3.09. The van der Waals surface area contributed by atoms with Gasteiger partial charge in [0.25, 0.3) is 0 Å². The van der Waals surface area contributed by atoms with Crippen LogP contribution in [0.25, 0.3) is 0 Å². The van der Waals surface area contributed by atoms with Crippen LogP contribution < -0.4 is 5.32 Å². The summed E-state index contributed by atoms with van der Waals surface area (Å²) in [7, 11) is 2.14. The lowest BCUT2D eigenvalue weighted by molar-refractivity contribution is 0.296. The van der Waals surface area contributed by atoms with Gasteiger partial charge in [-0.25, -0.2) is 0 Å². The minimum atomic E-state index is 0.677. The summed E-state index contributed by atoms with van der Waals surface area (Å²) in [6, 6.07) is 0.677. The summed E-state index contributed by atoms with van der Waals surface area (Å²) in [5, 5.41) is 2.56. The third-order valence-electron chi connectivity index (χ3n) is 2.35. The molecule has 0 aromatic carbocycles. The van der Waals surface area contributed by atoms with Gasteiger partial charge < -0.3 is 10.2 Å². The standard InChI is InChI=1S/C8H15N2O/c1-10-6-2-3-8(10)4-5-9-7-11/h8H,2-6H2,1H3,(H,9,11). The molecule has 63 valence electrons. The average Bonchev–Trinajstić information content (AvgIpc) is 2.37. The summed E-state index contributed by atoms with van der Waals surface area (Å²) in [6.07, 6.45) is 5.32. The van der Waals surface area contributed by atoms with E-state index in [0.717, 1.165) is 13.0 Å². The fourth-order valence-corrected chi connectivity index (χ4v) is 1.63. The molecule has 1 amide bonds. The van der Waals surface area contributed by atoms with E-state index in [4.69, 9.17) is 0 Å².